The van der Waals surface area contributed by atoms with Crippen molar-refractivity contribution in [3.05, 3.63) is 47.0 Å². The van der Waals surface area contributed by atoms with E-state index in [0.717, 1.165) is 56.9 Å². The van der Waals surface area contributed by atoms with Crippen LogP contribution in [-0.4, -0.2) is 25.6 Å². The molecule has 1 aliphatic rings. The first-order valence-electron chi connectivity index (χ1n) is 10.1. The van der Waals surface area contributed by atoms with Crippen LogP contribution in [0.4, 0.5) is 18.3 Å². The van der Waals surface area contributed by atoms with Crippen LogP contribution in [0, 0.1) is 5.92 Å². The molecule has 0 spiro atoms. The quantitative estimate of drug-likeness (QED) is 0.265. The summed E-state index contributed by atoms with van der Waals surface area (Å²) in [5.74, 6) is -0.526. The molecule has 1 aromatic heterocycles. The Labute approximate surface area is 195 Å². The first-order chi connectivity index (χ1) is 15.0. The van der Waals surface area contributed by atoms with Gasteiger partial charge in [0.25, 0.3) is 20.7 Å². The zero-order chi connectivity index (χ0) is 23.5. The Morgan fingerprint density at radius 1 is 1.22 bits per heavy atom. The summed E-state index contributed by atoms with van der Waals surface area (Å²) >= 11 is 3.38. The second-order valence-corrected chi connectivity index (χ2v) is 13.1. The SMILES string of the molecule is CS(=O)(=O)c1ccc(/C(=C\C2CCCCCC2)C(=O)Nc2ncc[s+]2Br)cc1C(F)(F)F. The van der Waals surface area contributed by atoms with Crippen LogP contribution in [0.25, 0.3) is 5.57 Å². The van der Waals surface area contributed by atoms with Crippen molar-refractivity contribution >= 4 is 50.2 Å². The minimum atomic E-state index is -4.89. The molecule has 5 nitrogen and oxygen atoms in total. The average molecular weight is 552 g/mol. The minimum absolute atomic E-state index is 0.0208. The number of hydrogen-bond acceptors (Lipinski definition) is 4. The molecule has 1 amide bonds. The Bertz CT molecular complexity index is 1120. The van der Waals surface area contributed by atoms with E-state index in [1.807, 2.05) is 0 Å². The number of halogens is 4. The monoisotopic (exact) mass is 551 g/mol. The van der Waals surface area contributed by atoms with Crippen LogP contribution in [0.3, 0.4) is 0 Å². The third-order valence-corrected chi connectivity index (χ3v) is 8.98. The number of nitrogens with one attached hydrogen (secondary N) is 1. The molecule has 0 bridgehead atoms. The van der Waals surface area contributed by atoms with Gasteiger partial charge in [0, 0.05) is 11.8 Å². The highest BCUT2D eigenvalue weighted by molar-refractivity contribution is 9.34. The van der Waals surface area contributed by atoms with E-state index in [4.69, 9.17) is 0 Å². The highest BCUT2D eigenvalue weighted by Crippen LogP contribution is 2.38. The molecule has 1 aromatic carbocycles. The van der Waals surface area contributed by atoms with Crippen LogP contribution in [0.2, 0.25) is 0 Å². The van der Waals surface area contributed by atoms with Crippen molar-refractivity contribution < 1.29 is 26.4 Å². The molecule has 0 saturated heterocycles. The lowest BCUT2D eigenvalue weighted by Gasteiger charge is -2.16. The maximum atomic E-state index is 13.7. The number of allylic oxidation sites excluding steroid dienone is 1. The maximum absolute atomic E-state index is 13.7. The molecule has 32 heavy (non-hydrogen) atoms. The second-order valence-electron chi connectivity index (χ2n) is 7.77. The van der Waals surface area contributed by atoms with Crippen LogP contribution in [0.5, 0.6) is 0 Å². The molecule has 1 unspecified atom stereocenters. The number of hydrogen-bond donors (Lipinski definition) is 1. The number of nitrogens with zero attached hydrogens (tertiary/aromatic N) is 1. The molecule has 1 aliphatic carbocycles. The van der Waals surface area contributed by atoms with E-state index >= 15 is 0 Å². The summed E-state index contributed by atoms with van der Waals surface area (Å²) in [5.41, 5.74) is -1.17. The summed E-state index contributed by atoms with van der Waals surface area (Å²) in [7, 11) is -4.69. The van der Waals surface area contributed by atoms with Gasteiger partial charge in [-0.3, -0.25) is 10.1 Å². The Morgan fingerprint density at radius 3 is 2.41 bits per heavy atom. The van der Waals surface area contributed by atoms with Crippen molar-refractivity contribution in [3.8, 4) is 0 Å². The second kappa shape index (κ2) is 10.0. The van der Waals surface area contributed by atoms with E-state index in [-0.39, 0.29) is 17.1 Å². The van der Waals surface area contributed by atoms with Gasteiger partial charge in [0.2, 0.25) is 0 Å². The number of benzene rings is 1. The number of alkyl halides is 3. The van der Waals surface area contributed by atoms with Gasteiger partial charge in [-0.2, -0.15) is 18.2 Å². The third kappa shape index (κ3) is 6.20. The number of aromatic nitrogens is 1. The summed E-state index contributed by atoms with van der Waals surface area (Å²) in [6, 6.07) is 2.93. The van der Waals surface area contributed by atoms with Crippen molar-refractivity contribution in [2.24, 2.45) is 5.92 Å². The Kier molecular flexibility index (Phi) is 7.82. The van der Waals surface area contributed by atoms with Crippen molar-refractivity contribution in [1.82, 2.24) is 4.98 Å². The highest BCUT2D eigenvalue weighted by atomic mass is 79.9. The predicted octanol–water partition coefficient (Wildman–Crippen LogP) is 6.40. The molecule has 0 radical (unpaired) electrons. The van der Waals surface area contributed by atoms with Crippen molar-refractivity contribution in [1.29, 1.82) is 0 Å². The van der Waals surface area contributed by atoms with Crippen LogP contribution in [0.1, 0.15) is 49.7 Å². The van der Waals surface area contributed by atoms with E-state index < -0.39 is 41.3 Å². The fourth-order valence-corrected chi connectivity index (χ4v) is 6.09. The predicted molar refractivity (Wildman–Crippen MR) is 123 cm³/mol. The molecule has 11 heteroatoms. The first kappa shape index (κ1) is 24.9. The zero-order valence-electron chi connectivity index (χ0n) is 17.3. The molecule has 0 aliphatic heterocycles. The Balaban J connectivity index is 2.10. The van der Waals surface area contributed by atoms with E-state index in [2.05, 4.69) is 25.1 Å². The number of anilines is 1. The van der Waals surface area contributed by atoms with E-state index in [1.165, 1.54) is 12.3 Å². The number of carbonyl (C=O) groups excluding carboxylic acids is 1. The number of sulfone groups is 1. The lowest BCUT2D eigenvalue weighted by Crippen LogP contribution is -2.17. The molecular formula is C21H23BrF3N2O3S2+. The van der Waals surface area contributed by atoms with Gasteiger partial charge in [-0.05, 0) is 36.5 Å². The zero-order valence-corrected chi connectivity index (χ0v) is 20.5. The number of amides is 1. The standard InChI is InChI=1S/C21H22BrF3N2O3S2/c1-32(29,30)18-9-8-15(13-17(18)21(23,24)25)16(12-14-6-4-2-3-5-7-14)19(28)27-20-26-10-11-31(20)22/h8-14H,2-7H2,1H3/p+1/b16-12+. The van der Waals surface area contributed by atoms with Crippen molar-refractivity contribution in [2.75, 3.05) is 11.6 Å². The van der Waals surface area contributed by atoms with E-state index in [9.17, 15) is 26.4 Å². The molecule has 174 valence electrons. The molecule has 1 atom stereocenters. The molecule has 1 fully saturated rings. The summed E-state index contributed by atoms with van der Waals surface area (Å²) in [4.78, 5) is 16.4. The van der Waals surface area contributed by atoms with Gasteiger partial charge < -0.3 is 0 Å². The molecular weight excluding hydrogens is 529 g/mol. The number of carbonyl (C=O) groups is 1. The van der Waals surface area contributed by atoms with Crippen LogP contribution in [-0.2, 0) is 20.8 Å². The summed E-state index contributed by atoms with van der Waals surface area (Å²) < 4.78 is 64.9. The molecule has 1 N–H and O–H groups in total. The van der Waals surface area contributed by atoms with Crippen LogP contribution in [0.15, 0.2) is 40.7 Å². The van der Waals surface area contributed by atoms with Crippen molar-refractivity contribution in [2.45, 2.75) is 49.6 Å². The summed E-state index contributed by atoms with van der Waals surface area (Å²) in [5, 5.41) is 4.79. The average Bonchev–Trinajstić information content (AvgIpc) is 2.94. The minimum Gasteiger partial charge on any atom is -0.269 e. The van der Waals surface area contributed by atoms with Gasteiger partial charge in [-0.1, -0.05) is 37.8 Å². The van der Waals surface area contributed by atoms with Crippen molar-refractivity contribution in [3.63, 3.8) is 0 Å². The largest absolute Gasteiger partial charge is 0.417 e. The van der Waals surface area contributed by atoms with Gasteiger partial charge in [0.1, 0.15) is 8.90 Å². The number of thiazole rings is 1. The fraction of sp³-hybridized carbons (Fsp3) is 0.429. The first-order valence-corrected chi connectivity index (χ1v) is 15.1. The third-order valence-electron chi connectivity index (χ3n) is 5.32. The lowest BCUT2D eigenvalue weighted by atomic mass is 9.93. The van der Waals surface area contributed by atoms with E-state index in [1.54, 1.807) is 11.5 Å². The Morgan fingerprint density at radius 2 is 1.88 bits per heavy atom. The topological polar surface area (TPSA) is 76.1 Å². The normalized spacial score (nSPS) is 17.2. The van der Waals surface area contributed by atoms with Gasteiger partial charge >= 0.3 is 11.3 Å². The van der Waals surface area contributed by atoms with Gasteiger partial charge in [0.05, 0.1) is 16.7 Å². The van der Waals surface area contributed by atoms with Gasteiger partial charge in [-0.15, -0.1) is 0 Å². The highest BCUT2D eigenvalue weighted by Gasteiger charge is 2.37. The maximum Gasteiger partial charge on any atom is 0.417 e. The van der Waals surface area contributed by atoms with Crippen LogP contribution >= 0.6 is 23.7 Å². The van der Waals surface area contributed by atoms with Gasteiger partial charge in [0.15, 0.2) is 15.2 Å². The summed E-state index contributed by atoms with van der Waals surface area (Å²) in [6.45, 7) is 0. The smallest absolute Gasteiger partial charge is 0.269 e. The van der Waals surface area contributed by atoms with Crippen LogP contribution < -0.4 is 5.32 Å². The lowest BCUT2D eigenvalue weighted by molar-refractivity contribution is -0.139. The molecule has 3 rings (SSSR count). The Hall–Kier alpha value is -1.72. The van der Waals surface area contributed by atoms with Gasteiger partial charge in [-0.25, -0.2) is 8.42 Å². The summed E-state index contributed by atoms with van der Waals surface area (Å²) in [6.07, 6.45) is 4.93. The fourth-order valence-electron chi connectivity index (χ4n) is 3.77. The molecule has 1 heterocycles. The van der Waals surface area contributed by atoms with E-state index in [0.29, 0.717) is 5.13 Å². The molecule has 2 aromatic rings. The molecule has 1 saturated carbocycles. The number of rotatable bonds is 5.